The van der Waals surface area contributed by atoms with Crippen LogP contribution in [-0.2, 0) is 9.47 Å². The molecule has 0 heterocycles. The monoisotopic (exact) mass is 298 g/mol. The molecule has 0 N–H and O–H groups in total. The third kappa shape index (κ3) is 4.43. The Morgan fingerprint density at radius 2 is 1.59 bits per heavy atom. The van der Waals surface area contributed by atoms with Crippen LogP contribution in [0.5, 0.6) is 0 Å². The van der Waals surface area contributed by atoms with Gasteiger partial charge >= 0.3 is 5.97 Å². The zero-order valence-electron chi connectivity index (χ0n) is 13.1. The van der Waals surface area contributed by atoms with Gasteiger partial charge in [0.2, 0.25) is 0 Å². The van der Waals surface area contributed by atoms with Gasteiger partial charge in [-0.05, 0) is 24.1 Å². The van der Waals surface area contributed by atoms with Gasteiger partial charge in [-0.1, -0.05) is 55.5 Å². The van der Waals surface area contributed by atoms with Gasteiger partial charge in [-0.3, -0.25) is 0 Å². The molecule has 3 heteroatoms. The molecule has 0 aliphatic heterocycles. The van der Waals surface area contributed by atoms with E-state index < -0.39 is 0 Å². The van der Waals surface area contributed by atoms with Crippen molar-refractivity contribution < 1.29 is 14.3 Å². The van der Waals surface area contributed by atoms with Crippen molar-refractivity contribution in [3.05, 3.63) is 71.8 Å². The van der Waals surface area contributed by atoms with E-state index >= 15 is 0 Å². The molecule has 0 aromatic heterocycles. The lowest BCUT2D eigenvalue weighted by atomic mass is 10.0. The molecule has 2 rings (SSSR count). The second kappa shape index (κ2) is 8.35. The van der Waals surface area contributed by atoms with Crippen molar-refractivity contribution in [2.24, 2.45) is 0 Å². The number of carbonyl (C=O) groups is 1. The Bertz CT molecular complexity index is 562. The Kier molecular flexibility index (Phi) is 6.16. The number of esters is 1. The van der Waals surface area contributed by atoms with Crippen LogP contribution >= 0.6 is 0 Å². The van der Waals surface area contributed by atoms with E-state index in [1.54, 1.807) is 19.2 Å². The second-order valence-corrected chi connectivity index (χ2v) is 5.17. The molecule has 2 unspecified atom stereocenters. The van der Waals surface area contributed by atoms with Gasteiger partial charge < -0.3 is 9.47 Å². The molecule has 116 valence electrons. The molecule has 0 amide bonds. The molecule has 3 nitrogen and oxygen atoms in total. The minimum Gasteiger partial charge on any atom is -0.454 e. The molecule has 2 aromatic carbocycles. The standard InChI is InChI=1S/C19H22O3/c1-3-17(21-2)14-18(15-10-6-4-7-11-15)22-19(20)16-12-8-5-9-13-16/h4-13,17-18H,3,14H2,1-2H3. The van der Waals surface area contributed by atoms with E-state index in [2.05, 4.69) is 6.92 Å². The summed E-state index contributed by atoms with van der Waals surface area (Å²) in [6, 6.07) is 18.9. The van der Waals surface area contributed by atoms with E-state index in [1.165, 1.54) is 0 Å². The Morgan fingerprint density at radius 3 is 2.14 bits per heavy atom. The summed E-state index contributed by atoms with van der Waals surface area (Å²) in [5.41, 5.74) is 1.55. The van der Waals surface area contributed by atoms with E-state index in [9.17, 15) is 4.79 Å². The fourth-order valence-corrected chi connectivity index (χ4v) is 2.36. The lowest BCUT2D eigenvalue weighted by Gasteiger charge is -2.22. The summed E-state index contributed by atoms with van der Waals surface area (Å²) < 4.78 is 11.2. The predicted octanol–water partition coefficient (Wildman–Crippen LogP) is 4.40. The highest BCUT2D eigenvalue weighted by Crippen LogP contribution is 2.26. The normalized spacial score (nSPS) is 13.4. The minimum atomic E-state index is -0.307. The average Bonchev–Trinajstić information content (AvgIpc) is 2.60. The molecule has 22 heavy (non-hydrogen) atoms. The van der Waals surface area contributed by atoms with Crippen molar-refractivity contribution in [2.45, 2.75) is 32.0 Å². The number of benzene rings is 2. The van der Waals surface area contributed by atoms with Crippen molar-refractivity contribution >= 4 is 5.97 Å². The highest BCUT2D eigenvalue weighted by Gasteiger charge is 2.21. The Morgan fingerprint density at radius 1 is 1.00 bits per heavy atom. The fraction of sp³-hybridized carbons (Fsp3) is 0.316. The maximum absolute atomic E-state index is 12.3. The molecule has 0 bridgehead atoms. The first-order valence-corrected chi connectivity index (χ1v) is 7.58. The molecule has 2 atom stereocenters. The molecule has 0 spiro atoms. The highest BCUT2D eigenvalue weighted by molar-refractivity contribution is 5.89. The molecule has 0 saturated heterocycles. The van der Waals surface area contributed by atoms with Crippen LogP contribution < -0.4 is 0 Å². The van der Waals surface area contributed by atoms with Crippen LogP contribution in [0.2, 0.25) is 0 Å². The van der Waals surface area contributed by atoms with Gasteiger partial charge in [0.15, 0.2) is 0 Å². The number of hydrogen-bond acceptors (Lipinski definition) is 3. The molecule has 0 aliphatic rings. The van der Waals surface area contributed by atoms with Crippen molar-refractivity contribution in [3.63, 3.8) is 0 Å². The summed E-state index contributed by atoms with van der Waals surface area (Å²) >= 11 is 0. The second-order valence-electron chi connectivity index (χ2n) is 5.17. The van der Waals surface area contributed by atoms with Crippen LogP contribution in [0.4, 0.5) is 0 Å². The van der Waals surface area contributed by atoms with Crippen molar-refractivity contribution in [1.82, 2.24) is 0 Å². The van der Waals surface area contributed by atoms with Crippen LogP contribution in [0, 0.1) is 0 Å². The maximum Gasteiger partial charge on any atom is 0.338 e. The SMILES string of the molecule is CCC(CC(OC(=O)c1ccccc1)c1ccccc1)OC. The summed E-state index contributed by atoms with van der Waals surface area (Å²) in [5.74, 6) is -0.305. The number of methoxy groups -OCH3 is 1. The Labute approximate surface area is 131 Å². The predicted molar refractivity (Wildman–Crippen MR) is 86.7 cm³/mol. The van der Waals surface area contributed by atoms with Crippen molar-refractivity contribution in [2.75, 3.05) is 7.11 Å². The molecule has 0 aliphatic carbocycles. The summed E-state index contributed by atoms with van der Waals surface area (Å²) in [6.07, 6.45) is 1.28. The van der Waals surface area contributed by atoms with Gasteiger partial charge in [-0.25, -0.2) is 4.79 Å². The first-order chi connectivity index (χ1) is 10.7. The molecule has 0 fully saturated rings. The minimum absolute atomic E-state index is 0.0637. The number of rotatable bonds is 7. The van der Waals surface area contributed by atoms with E-state index in [4.69, 9.17) is 9.47 Å². The molecular weight excluding hydrogens is 276 g/mol. The largest absolute Gasteiger partial charge is 0.454 e. The lowest BCUT2D eigenvalue weighted by molar-refractivity contribution is 0.00421. The summed E-state index contributed by atoms with van der Waals surface area (Å²) in [7, 11) is 1.69. The number of hydrogen-bond donors (Lipinski definition) is 0. The molecule has 2 aromatic rings. The third-order valence-electron chi connectivity index (χ3n) is 3.70. The van der Waals surface area contributed by atoms with Crippen molar-refractivity contribution in [3.8, 4) is 0 Å². The van der Waals surface area contributed by atoms with Crippen molar-refractivity contribution in [1.29, 1.82) is 0 Å². The van der Waals surface area contributed by atoms with E-state index in [-0.39, 0.29) is 18.2 Å². The van der Waals surface area contributed by atoms with Gasteiger partial charge in [-0.2, -0.15) is 0 Å². The van der Waals surface area contributed by atoms with Gasteiger partial charge in [0.05, 0.1) is 11.7 Å². The topological polar surface area (TPSA) is 35.5 Å². The van der Waals surface area contributed by atoms with E-state index in [0.717, 1.165) is 12.0 Å². The van der Waals surface area contributed by atoms with E-state index in [0.29, 0.717) is 12.0 Å². The smallest absolute Gasteiger partial charge is 0.338 e. The quantitative estimate of drug-likeness (QED) is 0.711. The molecular formula is C19H22O3. The highest BCUT2D eigenvalue weighted by atomic mass is 16.5. The zero-order chi connectivity index (χ0) is 15.8. The third-order valence-corrected chi connectivity index (χ3v) is 3.70. The first-order valence-electron chi connectivity index (χ1n) is 7.58. The number of ether oxygens (including phenoxy) is 2. The van der Waals surface area contributed by atoms with Crippen LogP contribution in [-0.4, -0.2) is 19.2 Å². The summed E-state index contributed by atoms with van der Waals surface area (Å²) in [4.78, 5) is 12.3. The van der Waals surface area contributed by atoms with Crippen LogP contribution in [0.1, 0.15) is 41.8 Å². The molecule has 0 saturated carbocycles. The fourth-order valence-electron chi connectivity index (χ4n) is 2.36. The van der Waals surface area contributed by atoms with Crippen LogP contribution in [0.25, 0.3) is 0 Å². The first kappa shape index (κ1) is 16.2. The molecule has 0 radical (unpaired) electrons. The maximum atomic E-state index is 12.3. The van der Waals surface area contributed by atoms with Gasteiger partial charge in [0.25, 0.3) is 0 Å². The van der Waals surface area contributed by atoms with Gasteiger partial charge in [-0.15, -0.1) is 0 Å². The van der Waals surface area contributed by atoms with Gasteiger partial charge in [0.1, 0.15) is 6.10 Å². The summed E-state index contributed by atoms with van der Waals surface area (Å²) in [5, 5.41) is 0. The van der Waals surface area contributed by atoms with Crippen LogP contribution in [0.15, 0.2) is 60.7 Å². The lowest BCUT2D eigenvalue weighted by Crippen LogP contribution is -2.19. The Hall–Kier alpha value is -2.13. The Balaban J connectivity index is 2.16. The van der Waals surface area contributed by atoms with Crippen LogP contribution in [0.3, 0.4) is 0 Å². The van der Waals surface area contributed by atoms with E-state index in [1.807, 2.05) is 48.5 Å². The number of carbonyl (C=O) groups excluding carboxylic acids is 1. The average molecular weight is 298 g/mol. The summed E-state index contributed by atoms with van der Waals surface area (Å²) in [6.45, 7) is 2.06. The van der Waals surface area contributed by atoms with Gasteiger partial charge in [0, 0.05) is 13.5 Å². The zero-order valence-corrected chi connectivity index (χ0v) is 13.1.